The maximum atomic E-state index is 2.70. The Bertz CT molecular complexity index is 3470. The molecular formula is C60H54BNS2. The molecule has 13 rings (SSSR count). The quantitative estimate of drug-likeness (QED) is 0.160. The van der Waals surface area contributed by atoms with E-state index >= 15 is 0 Å². The summed E-state index contributed by atoms with van der Waals surface area (Å²) < 4.78 is 5.63. The number of para-hydroxylation sites is 1. The summed E-state index contributed by atoms with van der Waals surface area (Å²) in [5.41, 5.74) is 21.3. The second-order valence-corrected chi connectivity index (χ2v) is 24.3. The molecule has 0 spiro atoms. The lowest BCUT2D eigenvalue weighted by atomic mass is 9.39. The molecule has 9 aromatic rings. The Labute approximate surface area is 386 Å². The van der Waals surface area contributed by atoms with E-state index in [9.17, 15) is 0 Å². The van der Waals surface area contributed by atoms with E-state index in [1.54, 1.807) is 5.56 Å². The van der Waals surface area contributed by atoms with Crippen LogP contribution in [0.15, 0.2) is 133 Å². The molecule has 7 aromatic carbocycles. The van der Waals surface area contributed by atoms with E-state index in [1.165, 1.54) is 139 Å². The van der Waals surface area contributed by atoms with Gasteiger partial charge in [0, 0.05) is 47.2 Å². The number of anilines is 3. The second-order valence-electron chi connectivity index (χ2n) is 22.1. The molecule has 0 radical (unpaired) electrons. The normalized spacial score (nSPS) is 18.2. The molecule has 2 aliphatic heterocycles. The van der Waals surface area contributed by atoms with Crippen LogP contribution < -0.4 is 20.6 Å². The average molecular weight is 864 g/mol. The SMILES string of the molecule is CC1(C)CCC(C)(C)c2cc(N3c4ccccc4B4c5sc6cc7c(cc6c5-c5cc(-c6cccc8sc9ccccc9c68)cc3c54)C(C)(C)CCC7(C)C)c(-c3ccccc3)cc21. The first kappa shape index (κ1) is 39.0. The Balaban J connectivity index is 1.17. The predicted octanol–water partition coefficient (Wildman–Crippen LogP) is 15.6. The summed E-state index contributed by atoms with van der Waals surface area (Å²) >= 11 is 3.97. The molecule has 4 heterocycles. The van der Waals surface area contributed by atoms with Gasteiger partial charge in [-0.25, -0.2) is 0 Å². The maximum Gasteiger partial charge on any atom is 0.260 e. The first-order valence-corrected chi connectivity index (χ1v) is 25.2. The molecule has 4 heteroatoms. The third-order valence-electron chi connectivity index (χ3n) is 16.4. The van der Waals surface area contributed by atoms with Crippen molar-refractivity contribution >= 4 is 92.4 Å². The molecule has 4 aliphatic rings. The van der Waals surface area contributed by atoms with Crippen LogP contribution in [0.3, 0.4) is 0 Å². The lowest BCUT2D eigenvalue weighted by molar-refractivity contribution is 0.332. The average Bonchev–Trinajstić information content (AvgIpc) is 3.96. The van der Waals surface area contributed by atoms with Gasteiger partial charge in [0.05, 0.1) is 5.69 Å². The van der Waals surface area contributed by atoms with Gasteiger partial charge in [0.25, 0.3) is 6.71 Å². The van der Waals surface area contributed by atoms with Gasteiger partial charge in [-0.2, -0.15) is 0 Å². The van der Waals surface area contributed by atoms with Crippen LogP contribution in [-0.2, 0) is 21.7 Å². The fourth-order valence-corrected chi connectivity index (χ4v) is 15.1. The highest BCUT2D eigenvalue weighted by Crippen LogP contribution is 2.55. The molecule has 1 nitrogen and oxygen atoms in total. The molecule has 0 N–H and O–H groups in total. The number of fused-ring (bicyclic) bond motifs is 12. The van der Waals surface area contributed by atoms with Crippen molar-refractivity contribution in [3.63, 3.8) is 0 Å². The van der Waals surface area contributed by atoms with Crippen molar-refractivity contribution in [3.8, 4) is 33.4 Å². The van der Waals surface area contributed by atoms with E-state index in [2.05, 4.69) is 205 Å². The van der Waals surface area contributed by atoms with Gasteiger partial charge < -0.3 is 4.90 Å². The minimum absolute atomic E-state index is 0.0523. The van der Waals surface area contributed by atoms with Crippen LogP contribution in [0, 0.1) is 0 Å². The molecule has 0 atom stereocenters. The van der Waals surface area contributed by atoms with E-state index in [0.717, 1.165) is 0 Å². The Morgan fingerprint density at radius 1 is 0.438 bits per heavy atom. The zero-order valence-electron chi connectivity index (χ0n) is 38.4. The van der Waals surface area contributed by atoms with Gasteiger partial charge in [0.15, 0.2) is 0 Å². The molecule has 0 bridgehead atoms. The van der Waals surface area contributed by atoms with Crippen LogP contribution in [-0.4, -0.2) is 6.71 Å². The standard InChI is InChI=1S/C60H54BNS2/c1-57(2)25-27-59(5,6)44-33-48(39(31-42(44)57)35-17-10-9-11-18-35)62-47-22-14-13-21-46(47)61-55-41(54-40-32-43-45(34-52(40)64-56(54)61)60(7,8)28-26-58(43,3)4)29-36(30-49(55)62)37-20-16-24-51-53(37)38-19-12-15-23-50(38)63-51/h9-24,29-34H,25-28H2,1-8H3. The molecule has 0 saturated carbocycles. The molecule has 0 unspecified atom stereocenters. The zero-order chi connectivity index (χ0) is 43.7. The fourth-order valence-electron chi connectivity index (χ4n) is 12.5. The summed E-state index contributed by atoms with van der Waals surface area (Å²) in [5.74, 6) is 0. The largest absolute Gasteiger partial charge is 0.311 e. The van der Waals surface area contributed by atoms with E-state index in [1.807, 2.05) is 11.3 Å². The number of rotatable bonds is 3. The van der Waals surface area contributed by atoms with E-state index < -0.39 is 0 Å². The molecule has 64 heavy (non-hydrogen) atoms. The monoisotopic (exact) mass is 863 g/mol. The molecule has 0 fully saturated rings. The molecule has 2 aromatic heterocycles. The topological polar surface area (TPSA) is 3.24 Å². The Morgan fingerprint density at radius 3 is 1.81 bits per heavy atom. The van der Waals surface area contributed by atoms with E-state index in [0.29, 0.717) is 0 Å². The van der Waals surface area contributed by atoms with Gasteiger partial charge in [0.2, 0.25) is 0 Å². The highest BCUT2D eigenvalue weighted by atomic mass is 32.1. The number of hydrogen-bond acceptors (Lipinski definition) is 3. The summed E-state index contributed by atoms with van der Waals surface area (Å²) in [6.45, 7) is 19.9. The lowest BCUT2D eigenvalue weighted by Crippen LogP contribution is -2.54. The van der Waals surface area contributed by atoms with Gasteiger partial charge in [-0.15, -0.1) is 22.7 Å². The van der Waals surface area contributed by atoms with E-state index in [4.69, 9.17) is 0 Å². The molecule has 314 valence electrons. The van der Waals surface area contributed by atoms with Crippen molar-refractivity contribution in [1.82, 2.24) is 0 Å². The second kappa shape index (κ2) is 13.1. The summed E-state index contributed by atoms with van der Waals surface area (Å²) in [6.07, 6.45) is 4.78. The number of benzene rings is 7. The van der Waals surface area contributed by atoms with Crippen molar-refractivity contribution in [2.75, 3.05) is 4.90 Å². The van der Waals surface area contributed by atoms with Gasteiger partial charge in [-0.05, 0) is 168 Å². The van der Waals surface area contributed by atoms with Crippen LogP contribution in [0.2, 0.25) is 0 Å². The predicted molar refractivity (Wildman–Crippen MR) is 281 cm³/mol. The minimum Gasteiger partial charge on any atom is -0.311 e. The molecule has 0 amide bonds. The van der Waals surface area contributed by atoms with Gasteiger partial charge in [-0.1, -0.05) is 134 Å². The summed E-state index contributed by atoms with van der Waals surface area (Å²) in [5, 5.41) is 4.14. The van der Waals surface area contributed by atoms with Crippen molar-refractivity contribution < 1.29 is 0 Å². The Hall–Kier alpha value is -5.42. The van der Waals surface area contributed by atoms with Crippen LogP contribution in [0.25, 0.3) is 63.6 Å². The lowest BCUT2D eigenvalue weighted by Gasteiger charge is -2.44. The van der Waals surface area contributed by atoms with Crippen molar-refractivity contribution in [3.05, 3.63) is 156 Å². The van der Waals surface area contributed by atoms with E-state index in [-0.39, 0.29) is 28.4 Å². The van der Waals surface area contributed by atoms with Crippen LogP contribution in [0.4, 0.5) is 17.1 Å². The van der Waals surface area contributed by atoms with Gasteiger partial charge in [0.1, 0.15) is 0 Å². The van der Waals surface area contributed by atoms with Crippen molar-refractivity contribution in [2.45, 2.75) is 103 Å². The Kier molecular flexibility index (Phi) is 7.99. The maximum absolute atomic E-state index is 2.70. The molecular weight excluding hydrogens is 810 g/mol. The summed E-state index contributed by atoms with van der Waals surface area (Å²) in [6, 6.07) is 52.3. The van der Waals surface area contributed by atoms with Crippen molar-refractivity contribution in [2.24, 2.45) is 0 Å². The number of thiophene rings is 2. The first-order valence-electron chi connectivity index (χ1n) is 23.5. The number of hydrogen-bond donors (Lipinski definition) is 0. The third kappa shape index (κ3) is 5.36. The molecule has 0 saturated heterocycles. The van der Waals surface area contributed by atoms with Crippen LogP contribution in [0.1, 0.15) is 103 Å². The van der Waals surface area contributed by atoms with Crippen LogP contribution in [0.5, 0.6) is 0 Å². The zero-order valence-corrected chi connectivity index (χ0v) is 40.0. The third-order valence-corrected chi connectivity index (χ3v) is 18.8. The van der Waals surface area contributed by atoms with Crippen LogP contribution >= 0.6 is 22.7 Å². The van der Waals surface area contributed by atoms with Gasteiger partial charge in [-0.3, -0.25) is 0 Å². The molecule has 2 aliphatic carbocycles. The van der Waals surface area contributed by atoms with Crippen molar-refractivity contribution in [1.29, 1.82) is 0 Å². The highest BCUT2D eigenvalue weighted by Gasteiger charge is 2.47. The smallest absolute Gasteiger partial charge is 0.260 e. The number of nitrogens with zero attached hydrogens (tertiary/aromatic N) is 1. The fraction of sp³-hybridized carbons (Fsp3) is 0.267. The highest BCUT2D eigenvalue weighted by molar-refractivity contribution is 7.34. The minimum atomic E-state index is 0.0523. The Morgan fingerprint density at radius 2 is 1.06 bits per heavy atom. The first-order chi connectivity index (χ1) is 30.7. The summed E-state index contributed by atoms with van der Waals surface area (Å²) in [7, 11) is 0. The summed E-state index contributed by atoms with van der Waals surface area (Å²) in [4.78, 5) is 2.70. The van der Waals surface area contributed by atoms with Gasteiger partial charge >= 0.3 is 0 Å².